The minimum absolute atomic E-state index is 0.00299. The third-order valence-corrected chi connectivity index (χ3v) is 8.74. The molecule has 0 radical (unpaired) electrons. The number of esters is 1. The van der Waals surface area contributed by atoms with E-state index in [1.165, 1.54) is 17.8 Å². The van der Waals surface area contributed by atoms with Gasteiger partial charge in [0.25, 0.3) is 0 Å². The molecule has 3 N–H and O–H groups in total. The standard InChI is InChI=1S/C26H37NO5S/c1-2-26(10-5-11-26)24(30)9-4-8-21-20(19(16-27)15-22(21)29)7-3-6-18-14-23(33-17-18)25(31)32-13-12-28/h4,8,14,17,19-22,24,28-30H,2-3,5-7,9-13,15H2,1H3/b8-4+/t19-,20-,21+,22+,24?/m0/s1. The number of hydrogen-bond donors (Lipinski definition) is 3. The fraction of sp³-hybridized carbons (Fsp3) is 0.692. The Bertz CT molecular complexity index is 834. The number of nitriles is 1. The molecule has 33 heavy (non-hydrogen) atoms. The maximum atomic E-state index is 11.9. The summed E-state index contributed by atoms with van der Waals surface area (Å²) in [5.41, 5.74) is 1.13. The summed E-state index contributed by atoms with van der Waals surface area (Å²) in [5, 5.41) is 41.6. The molecule has 2 saturated carbocycles. The number of aryl methyl sites for hydroxylation is 1. The third-order valence-electron chi connectivity index (χ3n) is 7.78. The predicted molar refractivity (Wildman–Crippen MR) is 128 cm³/mol. The van der Waals surface area contributed by atoms with Crippen molar-refractivity contribution in [2.24, 2.45) is 23.2 Å². The van der Waals surface area contributed by atoms with Gasteiger partial charge in [-0.15, -0.1) is 11.3 Å². The third kappa shape index (κ3) is 6.24. The number of ether oxygens (including phenoxy) is 1. The van der Waals surface area contributed by atoms with Gasteiger partial charge in [0.15, 0.2) is 0 Å². The maximum absolute atomic E-state index is 11.9. The first-order chi connectivity index (χ1) is 15.9. The first kappa shape index (κ1) is 25.9. The lowest BCUT2D eigenvalue weighted by Crippen LogP contribution is -2.40. The van der Waals surface area contributed by atoms with Crippen LogP contribution in [0.1, 0.15) is 73.5 Å². The normalized spacial score (nSPS) is 27.2. The average molecular weight is 476 g/mol. The Labute approximate surface area is 200 Å². The first-order valence-electron chi connectivity index (χ1n) is 12.2. The van der Waals surface area contributed by atoms with E-state index in [0.29, 0.717) is 17.7 Å². The lowest BCUT2D eigenvalue weighted by molar-refractivity contribution is -0.0355. The quantitative estimate of drug-likeness (QED) is 0.308. The zero-order chi connectivity index (χ0) is 23.8. The van der Waals surface area contributed by atoms with E-state index in [9.17, 15) is 20.3 Å². The summed E-state index contributed by atoms with van der Waals surface area (Å²) in [6, 6.07) is 4.22. The molecule has 2 aliphatic carbocycles. The highest BCUT2D eigenvalue weighted by atomic mass is 32.1. The second-order valence-corrected chi connectivity index (χ2v) is 10.5. The molecule has 5 atom stereocenters. The molecule has 1 unspecified atom stereocenters. The SMILES string of the molecule is CCC1(C(O)C/C=C/[C@@H]2[C@@H](CCCc3csc(C(=O)OCCO)c3)[C@H](C#N)C[C@H]2O)CCC1. The van der Waals surface area contributed by atoms with Gasteiger partial charge in [0, 0.05) is 5.92 Å². The summed E-state index contributed by atoms with van der Waals surface area (Å²) in [5.74, 6) is -0.551. The Kier molecular flexibility index (Phi) is 9.51. The molecule has 6 nitrogen and oxygen atoms in total. The molecule has 2 fully saturated rings. The largest absolute Gasteiger partial charge is 0.459 e. The Hall–Kier alpha value is -1.72. The van der Waals surface area contributed by atoms with Crippen LogP contribution in [0.3, 0.4) is 0 Å². The molecular weight excluding hydrogens is 438 g/mol. The number of carbonyl (C=O) groups excluding carboxylic acids is 1. The monoisotopic (exact) mass is 475 g/mol. The summed E-state index contributed by atoms with van der Waals surface area (Å²) in [6.07, 6.45) is 11.1. The van der Waals surface area contributed by atoms with Crippen LogP contribution in [0.15, 0.2) is 23.6 Å². The van der Waals surface area contributed by atoms with Crippen LogP contribution in [0.25, 0.3) is 0 Å². The summed E-state index contributed by atoms with van der Waals surface area (Å²) in [7, 11) is 0. The predicted octanol–water partition coefficient (Wildman–Crippen LogP) is 4.24. The van der Waals surface area contributed by atoms with Gasteiger partial charge in [0.2, 0.25) is 0 Å². The summed E-state index contributed by atoms with van der Waals surface area (Å²) in [6.45, 7) is 1.96. The van der Waals surface area contributed by atoms with Crippen molar-refractivity contribution in [2.75, 3.05) is 13.2 Å². The van der Waals surface area contributed by atoms with E-state index in [0.717, 1.165) is 44.1 Å². The molecule has 0 aromatic carbocycles. The number of aliphatic hydroxyl groups excluding tert-OH is 3. The highest BCUT2D eigenvalue weighted by Crippen LogP contribution is 2.48. The van der Waals surface area contributed by atoms with Crippen molar-refractivity contribution < 1.29 is 24.9 Å². The zero-order valence-corrected chi connectivity index (χ0v) is 20.3. The Morgan fingerprint density at radius 2 is 2.24 bits per heavy atom. The zero-order valence-electron chi connectivity index (χ0n) is 19.5. The van der Waals surface area contributed by atoms with Gasteiger partial charge >= 0.3 is 5.97 Å². The van der Waals surface area contributed by atoms with E-state index in [1.807, 2.05) is 23.6 Å². The van der Waals surface area contributed by atoms with Crippen molar-refractivity contribution in [1.29, 1.82) is 5.26 Å². The highest BCUT2D eigenvalue weighted by Gasteiger charge is 2.42. The van der Waals surface area contributed by atoms with Gasteiger partial charge in [-0.25, -0.2) is 4.79 Å². The second kappa shape index (κ2) is 12.1. The molecule has 0 bridgehead atoms. The van der Waals surface area contributed by atoms with E-state index >= 15 is 0 Å². The summed E-state index contributed by atoms with van der Waals surface area (Å²) >= 11 is 1.34. The molecule has 1 heterocycles. The Morgan fingerprint density at radius 1 is 1.45 bits per heavy atom. The highest BCUT2D eigenvalue weighted by molar-refractivity contribution is 7.12. The van der Waals surface area contributed by atoms with Crippen molar-refractivity contribution >= 4 is 17.3 Å². The number of carbonyl (C=O) groups is 1. The van der Waals surface area contributed by atoms with Crippen molar-refractivity contribution in [3.8, 4) is 6.07 Å². The van der Waals surface area contributed by atoms with Crippen molar-refractivity contribution in [3.63, 3.8) is 0 Å². The van der Waals surface area contributed by atoms with E-state index in [2.05, 4.69) is 13.0 Å². The van der Waals surface area contributed by atoms with Gasteiger partial charge in [-0.1, -0.05) is 25.5 Å². The van der Waals surface area contributed by atoms with Crippen LogP contribution in [-0.2, 0) is 11.2 Å². The molecule has 0 amide bonds. The minimum Gasteiger partial charge on any atom is -0.459 e. The molecular formula is C26H37NO5S. The number of rotatable bonds is 12. The first-order valence-corrected chi connectivity index (χ1v) is 13.1. The van der Waals surface area contributed by atoms with Gasteiger partial charge in [-0.3, -0.25) is 0 Å². The molecule has 182 valence electrons. The molecule has 0 saturated heterocycles. The van der Waals surface area contributed by atoms with Crippen LogP contribution in [0.2, 0.25) is 0 Å². The Morgan fingerprint density at radius 3 is 2.88 bits per heavy atom. The molecule has 0 aliphatic heterocycles. The fourth-order valence-electron chi connectivity index (χ4n) is 5.49. The van der Waals surface area contributed by atoms with Crippen LogP contribution in [-0.4, -0.2) is 46.7 Å². The number of nitrogens with zero attached hydrogens (tertiary/aromatic N) is 1. The lowest BCUT2D eigenvalue weighted by atomic mass is 9.63. The number of hydrogen-bond acceptors (Lipinski definition) is 7. The van der Waals surface area contributed by atoms with Gasteiger partial charge in [0.1, 0.15) is 11.5 Å². The minimum atomic E-state index is -0.522. The number of aliphatic hydroxyl groups is 3. The van der Waals surface area contributed by atoms with E-state index in [-0.39, 0.29) is 42.5 Å². The molecule has 7 heteroatoms. The summed E-state index contributed by atoms with van der Waals surface area (Å²) in [4.78, 5) is 12.4. The van der Waals surface area contributed by atoms with Gasteiger partial charge in [-0.2, -0.15) is 5.26 Å². The van der Waals surface area contributed by atoms with Gasteiger partial charge in [0.05, 0.1) is 30.8 Å². The van der Waals surface area contributed by atoms with Crippen molar-refractivity contribution in [3.05, 3.63) is 34.0 Å². The molecule has 2 aliphatic rings. The topological polar surface area (TPSA) is 111 Å². The van der Waals surface area contributed by atoms with E-state index < -0.39 is 12.1 Å². The van der Waals surface area contributed by atoms with Crippen molar-refractivity contribution in [2.45, 2.75) is 76.9 Å². The molecule has 0 spiro atoms. The maximum Gasteiger partial charge on any atom is 0.348 e. The van der Waals surface area contributed by atoms with Crippen LogP contribution in [0.5, 0.6) is 0 Å². The average Bonchev–Trinajstić information content (AvgIpc) is 3.37. The van der Waals surface area contributed by atoms with Crippen molar-refractivity contribution in [1.82, 2.24) is 0 Å². The van der Waals surface area contributed by atoms with Crippen LogP contribution < -0.4 is 0 Å². The van der Waals surface area contributed by atoms with E-state index in [4.69, 9.17) is 9.84 Å². The molecule has 1 aromatic heterocycles. The summed E-state index contributed by atoms with van der Waals surface area (Å²) < 4.78 is 4.96. The smallest absolute Gasteiger partial charge is 0.348 e. The van der Waals surface area contributed by atoms with Crippen LogP contribution in [0, 0.1) is 34.5 Å². The lowest BCUT2D eigenvalue weighted by Gasteiger charge is -2.45. The molecule has 3 rings (SSSR count). The second-order valence-electron chi connectivity index (χ2n) is 9.60. The van der Waals surface area contributed by atoms with Gasteiger partial charge in [-0.05, 0) is 79.7 Å². The fourth-order valence-corrected chi connectivity index (χ4v) is 6.33. The Balaban J connectivity index is 1.53. The van der Waals surface area contributed by atoms with E-state index in [1.54, 1.807) is 0 Å². The number of thiophene rings is 1. The van der Waals surface area contributed by atoms with Gasteiger partial charge < -0.3 is 20.1 Å². The molecule has 1 aromatic rings. The van der Waals surface area contributed by atoms with Crippen LogP contribution >= 0.6 is 11.3 Å². The van der Waals surface area contributed by atoms with Crippen LogP contribution in [0.4, 0.5) is 0 Å².